The minimum absolute atomic E-state index is 0.691. The maximum atomic E-state index is 5.12. The molecule has 0 aromatic carbocycles. The van der Waals surface area contributed by atoms with Gasteiger partial charge in [0.1, 0.15) is 0 Å². The van der Waals surface area contributed by atoms with Gasteiger partial charge in [-0.15, -0.1) is 0 Å². The van der Waals surface area contributed by atoms with E-state index in [4.69, 9.17) is 4.74 Å². The van der Waals surface area contributed by atoms with Crippen molar-refractivity contribution in [3.8, 4) is 5.88 Å². The predicted octanol–water partition coefficient (Wildman–Crippen LogP) is 4.32. The lowest BCUT2D eigenvalue weighted by Gasteiger charge is -2.06. The number of hydrogen-bond acceptors (Lipinski definition) is 3. The van der Waals surface area contributed by atoms with Gasteiger partial charge in [-0.05, 0) is 24.6 Å². The van der Waals surface area contributed by atoms with Gasteiger partial charge < -0.3 is 10.1 Å². The zero-order valence-corrected chi connectivity index (χ0v) is 13.2. The van der Waals surface area contributed by atoms with Gasteiger partial charge >= 0.3 is 0 Å². The van der Waals surface area contributed by atoms with E-state index in [0.717, 1.165) is 13.1 Å². The summed E-state index contributed by atoms with van der Waals surface area (Å²) in [5.74, 6) is 0.691. The first-order valence-electron chi connectivity index (χ1n) is 8.06. The summed E-state index contributed by atoms with van der Waals surface area (Å²) in [4.78, 5) is 4.11. The zero-order valence-electron chi connectivity index (χ0n) is 13.2. The summed E-state index contributed by atoms with van der Waals surface area (Å²) in [6.45, 7) is 4.26. The highest BCUT2D eigenvalue weighted by Crippen LogP contribution is 2.09. The fraction of sp³-hybridized carbons (Fsp3) is 0.706. The van der Waals surface area contributed by atoms with Gasteiger partial charge in [0.15, 0.2) is 0 Å². The van der Waals surface area contributed by atoms with Crippen molar-refractivity contribution >= 4 is 0 Å². The molecule has 3 nitrogen and oxygen atoms in total. The third kappa shape index (κ3) is 8.16. The molecule has 1 rings (SSSR count). The summed E-state index contributed by atoms with van der Waals surface area (Å²) in [6, 6.07) is 4.02. The molecular weight excluding hydrogens is 248 g/mol. The standard InChI is InChI=1S/C17H30N2O/c1-3-4-5-6-7-8-9-10-12-18-15-16-11-13-19-17(14-16)20-2/h11,13-14,18H,3-10,12,15H2,1-2H3. The van der Waals surface area contributed by atoms with Gasteiger partial charge in [-0.25, -0.2) is 4.98 Å². The highest BCUT2D eigenvalue weighted by Gasteiger charge is 1.97. The Kier molecular flexibility index (Phi) is 9.93. The van der Waals surface area contributed by atoms with E-state index in [1.807, 2.05) is 12.1 Å². The zero-order chi connectivity index (χ0) is 14.5. The first kappa shape index (κ1) is 17.0. The van der Waals surface area contributed by atoms with Crippen LogP contribution in [-0.2, 0) is 6.54 Å². The number of nitrogens with zero attached hydrogens (tertiary/aromatic N) is 1. The van der Waals surface area contributed by atoms with Crippen LogP contribution >= 0.6 is 0 Å². The van der Waals surface area contributed by atoms with Gasteiger partial charge in [0.2, 0.25) is 5.88 Å². The van der Waals surface area contributed by atoms with Crippen molar-refractivity contribution in [2.24, 2.45) is 0 Å². The Labute approximate surface area is 124 Å². The first-order valence-corrected chi connectivity index (χ1v) is 8.06. The number of hydrogen-bond donors (Lipinski definition) is 1. The van der Waals surface area contributed by atoms with E-state index in [-0.39, 0.29) is 0 Å². The van der Waals surface area contributed by atoms with Crippen LogP contribution in [0.1, 0.15) is 63.9 Å². The highest BCUT2D eigenvalue weighted by atomic mass is 16.5. The van der Waals surface area contributed by atoms with E-state index in [1.165, 1.54) is 56.9 Å². The Hall–Kier alpha value is -1.09. The van der Waals surface area contributed by atoms with Crippen molar-refractivity contribution in [2.45, 2.75) is 64.8 Å². The summed E-state index contributed by atoms with van der Waals surface area (Å²) >= 11 is 0. The van der Waals surface area contributed by atoms with Crippen molar-refractivity contribution < 1.29 is 4.74 Å². The van der Waals surface area contributed by atoms with Crippen LogP contribution in [0.15, 0.2) is 18.3 Å². The molecule has 0 amide bonds. The first-order chi connectivity index (χ1) is 9.86. The van der Waals surface area contributed by atoms with E-state index < -0.39 is 0 Å². The maximum absolute atomic E-state index is 5.12. The molecule has 0 unspecified atom stereocenters. The monoisotopic (exact) mass is 278 g/mol. The van der Waals surface area contributed by atoms with Gasteiger partial charge in [0, 0.05) is 18.8 Å². The molecule has 0 fully saturated rings. The molecule has 0 aliphatic heterocycles. The Morgan fingerprint density at radius 2 is 1.75 bits per heavy atom. The Bertz CT molecular complexity index is 342. The smallest absolute Gasteiger partial charge is 0.213 e. The number of ether oxygens (including phenoxy) is 1. The molecule has 0 radical (unpaired) electrons. The molecule has 1 aromatic heterocycles. The van der Waals surface area contributed by atoms with Crippen molar-refractivity contribution in [3.63, 3.8) is 0 Å². The van der Waals surface area contributed by atoms with Gasteiger partial charge in [0.05, 0.1) is 7.11 Å². The van der Waals surface area contributed by atoms with Crippen LogP contribution in [0.3, 0.4) is 0 Å². The van der Waals surface area contributed by atoms with Crippen LogP contribution in [0.4, 0.5) is 0 Å². The Morgan fingerprint density at radius 3 is 2.45 bits per heavy atom. The van der Waals surface area contributed by atoms with Crippen LogP contribution in [0.5, 0.6) is 5.88 Å². The molecule has 20 heavy (non-hydrogen) atoms. The van der Waals surface area contributed by atoms with Gasteiger partial charge in [-0.1, -0.05) is 51.9 Å². The van der Waals surface area contributed by atoms with E-state index in [1.54, 1.807) is 13.3 Å². The van der Waals surface area contributed by atoms with E-state index in [0.29, 0.717) is 5.88 Å². The molecule has 1 aromatic rings. The number of methoxy groups -OCH3 is 1. The summed E-state index contributed by atoms with van der Waals surface area (Å²) in [7, 11) is 1.65. The largest absolute Gasteiger partial charge is 0.481 e. The second-order valence-corrected chi connectivity index (χ2v) is 5.36. The maximum Gasteiger partial charge on any atom is 0.213 e. The van der Waals surface area contributed by atoms with Crippen LogP contribution < -0.4 is 10.1 Å². The van der Waals surface area contributed by atoms with Crippen LogP contribution in [0, 0.1) is 0 Å². The number of pyridine rings is 1. The van der Waals surface area contributed by atoms with Crippen molar-refractivity contribution in [3.05, 3.63) is 23.9 Å². The average Bonchev–Trinajstić information content (AvgIpc) is 2.49. The van der Waals surface area contributed by atoms with E-state index >= 15 is 0 Å². The Morgan fingerprint density at radius 1 is 1.05 bits per heavy atom. The molecule has 1 N–H and O–H groups in total. The molecule has 0 saturated heterocycles. The summed E-state index contributed by atoms with van der Waals surface area (Å²) in [5.41, 5.74) is 1.23. The number of aromatic nitrogens is 1. The molecule has 0 spiro atoms. The third-order valence-corrected chi connectivity index (χ3v) is 3.54. The molecule has 3 heteroatoms. The summed E-state index contributed by atoms with van der Waals surface area (Å²) < 4.78 is 5.12. The van der Waals surface area contributed by atoms with E-state index in [9.17, 15) is 0 Å². The highest BCUT2D eigenvalue weighted by molar-refractivity contribution is 5.20. The van der Waals surface area contributed by atoms with Crippen molar-refractivity contribution in [1.82, 2.24) is 10.3 Å². The topological polar surface area (TPSA) is 34.2 Å². The van der Waals surface area contributed by atoms with Gasteiger partial charge in [-0.3, -0.25) is 0 Å². The number of unbranched alkanes of at least 4 members (excludes halogenated alkanes) is 7. The van der Waals surface area contributed by atoms with Gasteiger partial charge in [0.25, 0.3) is 0 Å². The minimum Gasteiger partial charge on any atom is -0.481 e. The number of rotatable bonds is 12. The molecule has 0 atom stereocenters. The van der Waals surface area contributed by atoms with Gasteiger partial charge in [-0.2, -0.15) is 0 Å². The fourth-order valence-electron chi connectivity index (χ4n) is 2.29. The third-order valence-electron chi connectivity index (χ3n) is 3.54. The molecule has 0 aliphatic rings. The summed E-state index contributed by atoms with van der Waals surface area (Å²) in [5, 5.41) is 3.48. The average molecular weight is 278 g/mol. The number of nitrogens with one attached hydrogen (secondary N) is 1. The van der Waals surface area contributed by atoms with Crippen molar-refractivity contribution in [1.29, 1.82) is 0 Å². The molecule has 0 saturated carbocycles. The SMILES string of the molecule is CCCCCCCCCCNCc1ccnc(OC)c1. The quantitative estimate of drug-likeness (QED) is 0.578. The van der Waals surface area contributed by atoms with Crippen LogP contribution in [-0.4, -0.2) is 18.6 Å². The van der Waals surface area contributed by atoms with Crippen molar-refractivity contribution in [2.75, 3.05) is 13.7 Å². The molecular formula is C17H30N2O. The minimum atomic E-state index is 0.691. The predicted molar refractivity (Wildman–Crippen MR) is 85.1 cm³/mol. The fourth-order valence-corrected chi connectivity index (χ4v) is 2.29. The molecule has 0 aliphatic carbocycles. The molecule has 0 bridgehead atoms. The lowest BCUT2D eigenvalue weighted by Crippen LogP contribution is -2.14. The second kappa shape index (κ2) is 11.7. The normalized spacial score (nSPS) is 10.7. The lowest BCUT2D eigenvalue weighted by atomic mass is 10.1. The lowest BCUT2D eigenvalue weighted by molar-refractivity contribution is 0.397. The molecule has 114 valence electrons. The Balaban J connectivity index is 1.94. The van der Waals surface area contributed by atoms with Crippen LogP contribution in [0.2, 0.25) is 0 Å². The molecule has 1 heterocycles. The second-order valence-electron chi connectivity index (χ2n) is 5.36. The van der Waals surface area contributed by atoms with E-state index in [2.05, 4.69) is 17.2 Å². The summed E-state index contributed by atoms with van der Waals surface area (Å²) in [6.07, 6.45) is 12.8. The van der Waals surface area contributed by atoms with Crippen LogP contribution in [0.25, 0.3) is 0 Å².